The second-order valence-electron chi connectivity index (χ2n) is 31.4. The molecule has 2 aliphatic carbocycles. The maximum Gasteiger partial charge on any atom is 0.238 e. The summed E-state index contributed by atoms with van der Waals surface area (Å²) in [7, 11) is 0. The van der Waals surface area contributed by atoms with Gasteiger partial charge in [-0.1, -0.05) is 331 Å². The summed E-state index contributed by atoms with van der Waals surface area (Å²) >= 11 is 0. The minimum Gasteiger partial charge on any atom is -0.311 e. The number of benzene rings is 16. The van der Waals surface area contributed by atoms with E-state index in [2.05, 4.69) is 447 Å². The van der Waals surface area contributed by atoms with Crippen molar-refractivity contribution < 1.29 is 0 Å². The Hall–Kier alpha value is -15.3. The van der Waals surface area contributed by atoms with Crippen LogP contribution in [0.5, 0.6) is 0 Å². The van der Waals surface area contributed by atoms with Gasteiger partial charge in [-0.05, 0) is 158 Å². The fourth-order valence-corrected chi connectivity index (χ4v) is 18.0. The fraction of sp³-hybridized carbons (Fsp3) is 0.0556. The lowest BCUT2D eigenvalue weighted by Crippen LogP contribution is -2.14. The lowest BCUT2D eigenvalue weighted by atomic mass is 9.82. The SMILES string of the molecule is CC1(C)c2ccccc2-c2c(-c3nc(-c4ccc(-c5ccccc5N(c5ccccc5)c5ccccc5)cc4)nc(-n4c5ccccc5c5ccccc54)n3)cccc21.CC1(C)c2ccccc2-c2cc(-c3nc(-c4ccc(-c5ccc(N(c6ccccc6)c6ccccc6)cc5)cc4)nc(-n4c5ccccc5c5ccccc54)n3)ccc21. The van der Waals surface area contributed by atoms with Gasteiger partial charge in [-0.3, -0.25) is 9.13 Å². The van der Waals surface area contributed by atoms with E-state index in [4.69, 9.17) is 29.9 Å². The molecule has 16 aromatic carbocycles. The highest BCUT2D eigenvalue weighted by Crippen LogP contribution is 2.53. The number of nitrogens with zero attached hydrogens (tertiary/aromatic N) is 10. The van der Waals surface area contributed by atoms with Crippen LogP contribution in [0.25, 0.3) is 146 Å². The molecule has 0 atom stereocenters. The van der Waals surface area contributed by atoms with Gasteiger partial charge < -0.3 is 9.80 Å². The van der Waals surface area contributed by atoms with Crippen LogP contribution in [0.4, 0.5) is 34.1 Å². The summed E-state index contributed by atoms with van der Waals surface area (Å²) in [6.07, 6.45) is 0. The smallest absolute Gasteiger partial charge is 0.238 e. The number of anilines is 6. The molecule has 0 amide bonds. The van der Waals surface area contributed by atoms with Gasteiger partial charge >= 0.3 is 0 Å². The number of rotatable bonds is 14. The maximum atomic E-state index is 5.36. The highest BCUT2D eigenvalue weighted by Gasteiger charge is 2.38. The zero-order valence-electron chi connectivity index (χ0n) is 65.6. The van der Waals surface area contributed by atoms with Crippen molar-refractivity contribution in [2.24, 2.45) is 0 Å². The summed E-state index contributed by atoms with van der Waals surface area (Å²) in [5, 5.41) is 4.64. The van der Waals surface area contributed by atoms with Crippen LogP contribution in [0.2, 0.25) is 0 Å². The molecule has 20 aromatic rings. The van der Waals surface area contributed by atoms with Gasteiger partial charge in [0.1, 0.15) is 0 Å². The number of aromatic nitrogens is 8. The summed E-state index contributed by atoms with van der Waals surface area (Å²) in [6, 6.07) is 141. The Balaban J connectivity index is 0.000000147. The molecule has 0 unspecified atom stereocenters. The second kappa shape index (κ2) is 29.0. The summed E-state index contributed by atoms with van der Waals surface area (Å²) in [4.78, 5) is 36.3. The lowest BCUT2D eigenvalue weighted by molar-refractivity contribution is 0.660. The predicted octanol–water partition coefficient (Wildman–Crippen LogP) is 27.5. The van der Waals surface area contributed by atoms with E-state index in [1.807, 2.05) is 0 Å². The minimum atomic E-state index is -0.157. The average molecular weight is 1520 g/mol. The zero-order valence-corrected chi connectivity index (χ0v) is 65.6. The van der Waals surface area contributed by atoms with Gasteiger partial charge in [-0.25, -0.2) is 9.97 Å². The number of hydrogen-bond acceptors (Lipinski definition) is 8. The van der Waals surface area contributed by atoms with Gasteiger partial charge in [-0.2, -0.15) is 19.9 Å². The van der Waals surface area contributed by atoms with E-state index < -0.39 is 0 Å². The standard InChI is InChI=1S/2C54H39N5/c1-54(2)45-27-13-9-25-43(45)50-44(26-17-28-46(50)54)52-55-51(56-53(57-52)59-48-30-15-11-23-41(48)42-24-12-16-31-49(42)59)37-34-32-36(33-35-37)40-22-10-14-29-47(40)58(38-18-5-3-6-19-38)39-20-7-4-8-21-39;1-54(2)47-22-12-9-19-43(47)46-35-39(31-34-48(46)54)52-55-51(56-53(57-52)59-49-23-13-10-20-44(49)45-21-11-14-24-50(45)59)38-27-25-36(26-28-38)37-29-32-42(33-30-37)58(40-15-5-3-6-16-40)41-17-7-4-8-18-41/h2*3-35H,1-2H3. The normalized spacial score (nSPS) is 12.7. The van der Waals surface area contributed by atoms with Gasteiger partial charge in [0.25, 0.3) is 0 Å². The third-order valence-electron chi connectivity index (χ3n) is 23.8. The molecule has 0 aliphatic heterocycles. The molecule has 10 nitrogen and oxygen atoms in total. The van der Waals surface area contributed by atoms with Crippen molar-refractivity contribution in [3.63, 3.8) is 0 Å². The highest BCUT2D eigenvalue weighted by molar-refractivity contribution is 6.10. The molecular formula is C108H78N10. The molecule has 0 radical (unpaired) electrons. The Morgan fingerprint density at radius 3 is 1.03 bits per heavy atom. The van der Waals surface area contributed by atoms with Crippen molar-refractivity contribution in [1.29, 1.82) is 0 Å². The van der Waals surface area contributed by atoms with Gasteiger partial charge in [0.15, 0.2) is 23.3 Å². The monoisotopic (exact) mass is 1510 g/mol. The second-order valence-corrected chi connectivity index (χ2v) is 31.4. The molecule has 0 saturated heterocycles. The van der Waals surface area contributed by atoms with Gasteiger partial charge in [-0.15, -0.1) is 0 Å². The van der Waals surface area contributed by atoms with Gasteiger partial charge in [0, 0.05) is 88.6 Å². The zero-order chi connectivity index (χ0) is 79.0. The minimum absolute atomic E-state index is 0.0892. The first kappa shape index (κ1) is 70.6. The van der Waals surface area contributed by atoms with Gasteiger partial charge in [0.2, 0.25) is 11.9 Å². The molecule has 0 fully saturated rings. The Labute approximate surface area is 685 Å². The molecule has 2 aliphatic rings. The first-order valence-corrected chi connectivity index (χ1v) is 40.2. The summed E-state index contributed by atoms with van der Waals surface area (Å²) in [5.41, 5.74) is 29.0. The van der Waals surface area contributed by atoms with Crippen molar-refractivity contribution in [3.8, 4) is 102 Å². The first-order valence-electron chi connectivity index (χ1n) is 40.2. The van der Waals surface area contributed by atoms with Crippen LogP contribution in [0.1, 0.15) is 49.9 Å². The van der Waals surface area contributed by atoms with Crippen LogP contribution in [-0.4, -0.2) is 39.0 Å². The van der Waals surface area contributed by atoms with Crippen molar-refractivity contribution in [2.45, 2.75) is 38.5 Å². The van der Waals surface area contributed by atoms with E-state index in [0.29, 0.717) is 35.2 Å². The van der Waals surface area contributed by atoms with E-state index >= 15 is 0 Å². The molecule has 118 heavy (non-hydrogen) atoms. The molecule has 0 spiro atoms. The molecule has 4 heterocycles. The first-order chi connectivity index (χ1) is 58.1. The van der Waals surface area contributed by atoms with E-state index in [-0.39, 0.29) is 10.8 Å². The molecule has 22 rings (SSSR count). The van der Waals surface area contributed by atoms with Crippen LogP contribution in [0.3, 0.4) is 0 Å². The third kappa shape index (κ3) is 12.2. The molecule has 0 bridgehead atoms. The Kier molecular flexibility index (Phi) is 17.3. The quantitative estimate of drug-likeness (QED) is 0.106. The highest BCUT2D eigenvalue weighted by atomic mass is 15.2. The fourth-order valence-electron chi connectivity index (χ4n) is 18.0. The largest absolute Gasteiger partial charge is 0.311 e. The topological polar surface area (TPSA) is 93.7 Å². The van der Waals surface area contributed by atoms with Crippen molar-refractivity contribution >= 4 is 77.7 Å². The Bertz CT molecular complexity index is 7030. The number of fused-ring (bicyclic) bond motifs is 12. The average Bonchev–Trinajstić information content (AvgIpc) is 1.57. The maximum absolute atomic E-state index is 5.36. The van der Waals surface area contributed by atoms with E-state index in [1.54, 1.807) is 0 Å². The van der Waals surface area contributed by atoms with Crippen LogP contribution in [0.15, 0.2) is 400 Å². The predicted molar refractivity (Wildman–Crippen MR) is 485 cm³/mol. The van der Waals surface area contributed by atoms with Crippen LogP contribution in [0, 0.1) is 0 Å². The molecule has 4 aromatic heterocycles. The van der Waals surface area contributed by atoms with Crippen LogP contribution in [-0.2, 0) is 10.8 Å². The van der Waals surface area contributed by atoms with Crippen molar-refractivity contribution in [2.75, 3.05) is 9.80 Å². The molecular weight excluding hydrogens is 1440 g/mol. The van der Waals surface area contributed by atoms with Crippen LogP contribution >= 0.6 is 0 Å². The van der Waals surface area contributed by atoms with E-state index in [1.165, 1.54) is 44.5 Å². The van der Waals surface area contributed by atoms with Crippen molar-refractivity contribution in [1.82, 2.24) is 39.0 Å². The molecule has 0 N–H and O–H groups in total. The van der Waals surface area contributed by atoms with E-state index in [0.717, 1.165) is 122 Å². The lowest BCUT2D eigenvalue weighted by Gasteiger charge is -2.27. The third-order valence-corrected chi connectivity index (χ3v) is 23.8. The summed E-state index contributed by atoms with van der Waals surface area (Å²) in [5.74, 6) is 3.69. The summed E-state index contributed by atoms with van der Waals surface area (Å²) in [6.45, 7) is 9.23. The summed E-state index contributed by atoms with van der Waals surface area (Å²) < 4.78 is 4.36. The molecule has 0 saturated carbocycles. The van der Waals surface area contributed by atoms with Gasteiger partial charge in [0.05, 0.1) is 27.8 Å². The number of hydrogen-bond donors (Lipinski definition) is 0. The Morgan fingerprint density at radius 2 is 0.534 bits per heavy atom. The molecule has 560 valence electrons. The molecule has 10 heteroatoms. The van der Waals surface area contributed by atoms with E-state index in [9.17, 15) is 0 Å². The van der Waals surface area contributed by atoms with Crippen LogP contribution < -0.4 is 9.80 Å². The Morgan fingerprint density at radius 1 is 0.212 bits per heavy atom. The van der Waals surface area contributed by atoms with Crippen molar-refractivity contribution in [3.05, 3.63) is 423 Å². The number of para-hydroxylation sites is 9.